The maximum Gasteiger partial charge on any atom is 0.389 e. The van der Waals surface area contributed by atoms with Gasteiger partial charge < -0.3 is 5.32 Å². The molecule has 6 heteroatoms. The van der Waals surface area contributed by atoms with Crippen molar-refractivity contribution in [2.45, 2.75) is 50.6 Å². The van der Waals surface area contributed by atoms with E-state index in [2.05, 4.69) is 11.4 Å². The minimum atomic E-state index is -4.07. The summed E-state index contributed by atoms with van der Waals surface area (Å²) in [5.74, 6) is 2.13. The Hall–Kier alpha value is -0.200. The lowest BCUT2D eigenvalue weighted by atomic mass is 10.1. The van der Waals surface area contributed by atoms with Gasteiger partial charge >= 0.3 is 6.18 Å². The zero-order valence-corrected chi connectivity index (χ0v) is 13.2. The van der Waals surface area contributed by atoms with Crippen LogP contribution in [0.15, 0.2) is 6.07 Å². The SMILES string of the molecule is CCCNC(CCC(F)(F)F)c1cc2c(s1)CCSC2. The van der Waals surface area contributed by atoms with Gasteiger partial charge in [-0.15, -0.1) is 11.3 Å². The van der Waals surface area contributed by atoms with Crippen LogP contribution in [0, 0.1) is 0 Å². The van der Waals surface area contributed by atoms with Crippen LogP contribution in [0.4, 0.5) is 13.2 Å². The molecule has 1 unspecified atom stereocenters. The van der Waals surface area contributed by atoms with Gasteiger partial charge in [0, 0.05) is 28.0 Å². The van der Waals surface area contributed by atoms with E-state index in [1.165, 1.54) is 10.4 Å². The Balaban J connectivity index is 2.06. The third kappa shape index (κ3) is 4.67. The number of fused-ring (bicyclic) bond motifs is 1. The van der Waals surface area contributed by atoms with Gasteiger partial charge in [-0.25, -0.2) is 0 Å². The Morgan fingerprint density at radius 2 is 2.20 bits per heavy atom. The average molecular weight is 323 g/mol. The minimum Gasteiger partial charge on any atom is -0.309 e. The van der Waals surface area contributed by atoms with E-state index in [9.17, 15) is 13.2 Å². The summed E-state index contributed by atoms with van der Waals surface area (Å²) >= 11 is 3.61. The van der Waals surface area contributed by atoms with Crippen LogP contribution in [-0.4, -0.2) is 18.5 Å². The van der Waals surface area contributed by atoms with Crippen molar-refractivity contribution in [1.82, 2.24) is 5.32 Å². The second kappa shape index (κ2) is 7.18. The quantitative estimate of drug-likeness (QED) is 0.797. The van der Waals surface area contributed by atoms with Crippen molar-refractivity contribution < 1.29 is 13.2 Å². The van der Waals surface area contributed by atoms with Crippen LogP contribution in [0.25, 0.3) is 0 Å². The molecule has 2 rings (SSSR count). The van der Waals surface area contributed by atoms with Crippen LogP contribution in [0.2, 0.25) is 0 Å². The molecule has 20 heavy (non-hydrogen) atoms. The molecule has 0 fully saturated rings. The number of aryl methyl sites for hydroxylation is 1. The lowest BCUT2D eigenvalue weighted by Gasteiger charge is -2.18. The molecular formula is C14H20F3NS2. The molecule has 0 saturated heterocycles. The molecule has 0 saturated carbocycles. The average Bonchev–Trinajstić information content (AvgIpc) is 2.81. The summed E-state index contributed by atoms with van der Waals surface area (Å²) in [5.41, 5.74) is 1.33. The van der Waals surface area contributed by atoms with Crippen molar-refractivity contribution >= 4 is 23.1 Å². The summed E-state index contributed by atoms with van der Waals surface area (Å²) in [7, 11) is 0. The molecule has 0 bridgehead atoms. The molecule has 0 radical (unpaired) electrons. The van der Waals surface area contributed by atoms with E-state index in [4.69, 9.17) is 0 Å². The molecule has 1 N–H and O–H groups in total. The summed E-state index contributed by atoms with van der Waals surface area (Å²) in [5, 5.41) is 3.27. The maximum atomic E-state index is 12.5. The fourth-order valence-corrected chi connectivity index (χ4v) is 4.80. The smallest absolute Gasteiger partial charge is 0.309 e. The maximum absolute atomic E-state index is 12.5. The van der Waals surface area contributed by atoms with Crippen LogP contribution in [0.1, 0.15) is 47.5 Å². The zero-order valence-electron chi connectivity index (χ0n) is 11.6. The molecule has 0 aliphatic carbocycles. The Morgan fingerprint density at radius 1 is 1.40 bits per heavy atom. The fourth-order valence-electron chi connectivity index (χ4n) is 2.31. The Bertz CT molecular complexity index is 405. The molecule has 1 aromatic rings. The van der Waals surface area contributed by atoms with Crippen molar-refractivity contribution in [2.75, 3.05) is 12.3 Å². The number of hydrogen-bond donors (Lipinski definition) is 1. The van der Waals surface area contributed by atoms with Gasteiger partial charge in [0.15, 0.2) is 0 Å². The van der Waals surface area contributed by atoms with E-state index in [1.807, 2.05) is 18.7 Å². The van der Waals surface area contributed by atoms with E-state index in [1.54, 1.807) is 11.3 Å². The van der Waals surface area contributed by atoms with E-state index in [0.29, 0.717) is 0 Å². The highest BCUT2D eigenvalue weighted by atomic mass is 32.2. The van der Waals surface area contributed by atoms with Gasteiger partial charge in [-0.1, -0.05) is 6.92 Å². The van der Waals surface area contributed by atoms with E-state index in [-0.39, 0.29) is 12.5 Å². The number of thioether (sulfide) groups is 1. The second-order valence-electron chi connectivity index (χ2n) is 5.06. The molecule has 1 aliphatic heterocycles. The highest BCUT2D eigenvalue weighted by Crippen LogP contribution is 2.37. The van der Waals surface area contributed by atoms with Crippen molar-refractivity contribution in [3.63, 3.8) is 0 Å². The Kier molecular flexibility index (Phi) is 5.81. The predicted octanol–water partition coefficient (Wildman–Crippen LogP) is 4.92. The summed E-state index contributed by atoms with van der Waals surface area (Å²) in [4.78, 5) is 2.45. The fraction of sp³-hybridized carbons (Fsp3) is 0.714. The number of nitrogens with one attached hydrogen (secondary N) is 1. The molecule has 1 nitrogen and oxygen atoms in total. The van der Waals surface area contributed by atoms with Crippen molar-refractivity contribution in [2.24, 2.45) is 0 Å². The van der Waals surface area contributed by atoms with E-state index in [0.717, 1.165) is 35.8 Å². The van der Waals surface area contributed by atoms with Crippen molar-refractivity contribution in [1.29, 1.82) is 0 Å². The third-order valence-corrected chi connectivity index (χ3v) is 5.71. The standard InChI is InChI=1S/C14H20F3NS2/c1-2-6-18-11(3-5-14(15,16)17)13-8-10-9-19-7-4-12(10)20-13/h8,11,18H,2-7,9H2,1H3. The first-order valence-electron chi connectivity index (χ1n) is 6.99. The molecule has 1 atom stereocenters. The third-order valence-electron chi connectivity index (χ3n) is 3.35. The van der Waals surface area contributed by atoms with Crippen LogP contribution in [0.3, 0.4) is 0 Å². The van der Waals surface area contributed by atoms with Crippen LogP contribution in [-0.2, 0) is 12.2 Å². The van der Waals surface area contributed by atoms with Gasteiger partial charge in [-0.05, 0) is 43.2 Å². The largest absolute Gasteiger partial charge is 0.389 e. The van der Waals surface area contributed by atoms with Gasteiger partial charge in [0.1, 0.15) is 0 Å². The number of halogens is 3. The first kappa shape index (κ1) is 16.2. The minimum absolute atomic E-state index is 0.135. The summed E-state index contributed by atoms with van der Waals surface area (Å²) in [6, 6.07) is 1.97. The normalized spacial score (nSPS) is 17.0. The lowest BCUT2D eigenvalue weighted by molar-refractivity contribution is -0.136. The van der Waals surface area contributed by atoms with Crippen LogP contribution < -0.4 is 5.32 Å². The number of alkyl halides is 3. The Labute approximate surface area is 126 Å². The molecule has 1 aliphatic rings. The molecular weight excluding hydrogens is 303 g/mol. The first-order chi connectivity index (χ1) is 9.49. The topological polar surface area (TPSA) is 12.0 Å². The van der Waals surface area contributed by atoms with Gasteiger partial charge in [-0.3, -0.25) is 0 Å². The predicted molar refractivity (Wildman–Crippen MR) is 80.5 cm³/mol. The number of hydrogen-bond acceptors (Lipinski definition) is 3. The molecule has 114 valence electrons. The van der Waals surface area contributed by atoms with Crippen LogP contribution >= 0.6 is 23.1 Å². The molecule has 0 spiro atoms. The molecule has 0 aromatic carbocycles. The molecule has 1 aromatic heterocycles. The van der Waals surface area contributed by atoms with Gasteiger partial charge in [0.05, 0.1) is 0 Å². The van der Waals surface area contributed by atoms with Crippen molar-refractivity contribution in [3.8, 4) is 0 Å². The lowest BCUT2D eigenvalue weighted by Crippen LogP contribution is -2.23. The van der Waals surface area contributed by atoms with Crippen LogP contribution in [0.5, 0.6) is 0 Å². The summed E-state index contributed by atoms with van der Waals surface area (Å²) in [6.45, 7) is 2.80. The van der Waals surface area contributed by atoms with Crippen molar-refractivity contribution in [3.05, 3.63) is 21.4 Å². The van der Waals surface area contributed by atoms with Gasteiger partial charge in [0.2, 0.25) is 0 Å². The highest BCUT2D eigenvalue weighted by molar-refractivity contribution is 7.98. The van der Waals surface area contributed by atoms with E-state index < -0.39 is 12.6 Å². The van der Waals surface area contributed by atoms with Gasteiger partial charge in [0.25, 0.3) is 0 Å². The highest BCUT2D eigenvalue weighted by Gasteiger charge is 2.29. The second-order valence-corrected chi connectivity index (χ2v) is 7.33. The summed E-state index contributed by atoms with van der Waals surface area (Å²) < 4.78 is 37.4. The first-order valence-corrected chi connectivity index (χ1v) is 8.96. The number of thiophene rings is 1. The molecule has 0 amide bonds. The Morgan fingerprint density at radius 3 is 2.85 bits per heavy atom. The number of rotatable bonds is 6. The molecule has 2 heterocycles. The van der Waals surface area contributed by atoms with Gasteiger partial charge in [-0.2, -0.15) is 24.9 Å². The van der Waals surface area contributed by atoms with E-state index >= 15 is 0 Å². The zero-order chi connectivity index (χ0) is 14.6. The summed E-state index contributed by atoms with van der Waals surface area (Å²) in [6.07, 6.45) is -2.66. The monoisotopic (exact) mass is 323 g/mol.